The number of carbonyl (C=O) groups is 2. The summed E-state index contributed by atoms with van der Waals surface area (Å²) >= 11 is 0. The predicted molar refractivity (Wildman–Crippen MR) is 58.3 cm³/mol. The second kappa shape index (κ2) is 6.09. The van der Waals surface area contributed by atoms with Gasteiger partial charge in [0.05, 0.1) is 24.3 Å². The van der Waals surface area contributed by atoms with E-state index in [-0.39, 0.29) is 24.3 Å². The third-order valence-electron chi connectivity index (χ3n) is 2.05. The highest BCUT2D eigenvalue weighted by Crippen LogP contribution is 2.17. The summed E-state index contributed by atoms with van der Waals surface area (Å²) in [5.74, 6) is -4.27. The molecule has 0 bridgehead atoms. The van der Waals surface area contributed by atoms with Crippen LogP contribution in [0.15, 0.2) is 12.1 Å². The van der Waals surface area contributed by atoms with Crippen LogP contribution in [0.4, 0.5) is 8.78 Å². The number of hydrogen-bond donors (Lipinski definition) is 0. The molecule has 1 aromatic rings. The van der Waals surface area contributed by atoms with Crippen molar-refractivity contribution in [2.45, 2.75) is 13.8 Å². The molecule has 0 aliphatic rings. The van der Waals surface area contributed by atoms with Gasteiger partial charge in [-0.3, -0.25) is 0 Å². The Kier molecular flexibility index (Phi) is 4.76. The minimum Gasteiger partial charge on any atom is -0.462 e. The molecule has 0 amide bonds. The van der Waals surface area contributed by atoms with E-state index in [2.05, 4.69) is 9.47 Å². The third kappa shape index (κ3) is 3.03. The molecule has 98 valence electrons. The Morgan fingerprint density at radius 2 is 1.28 bits per heavy atom. The van der Waals surface area contributed by atoms with E-state index in [0.717, 1.165) is 0 Å². The van der Waals surface area contributed by atoms with Crippen LogP contribution in [0.25, 0.3) is 0 Å². The Balaban J connectivity index is 3.25. The topological polar surface area (TPSA) is 52.6 Å². The van der Waals surface area contributed by atoms with Crippen molar-refractivity contribution in [1.29, 1.82) is 0 Å². The van der Waals surface area contributed by atoms with Gasteiger partial charge in [-0.05, 0) is 26.0 Å². The molecule has 0 aliphatic carbocycles. The molecule has 0 atom stereocenters. The molecule has 18 heavy (non-hydrogen) atoms. The molecular weight excluding hydrogens is 246 g/mol. The Morgan fingerprint density at radius 3 is 1.56 bits per heavy atom. The molecule has 0 saturated heterocycles. The van der Waals surface area contributed by atoms with Crippen molar-refractivity contribution >= 4 is 11.9 Å². The molecule has 4 nitrogen and oxygen atoms in total. The average Bonchev–Trinajstić information content (AvgIpc) is 2.32. The van der Waals surface area contributed by atoms with Crippen molar-refractivity contribution in [3.63, 3.8) is 0 Å². The van der Waals surface area contributed by atoms with Crippen LogP contribution in [0, 0.1) is 11.6 Å². The predicted octanol–water partition coefficient (Wildman–Crippen LogP) is 2.32. The first kappa shape index (κ1) is 14.1. The van der Waals surface area contributed by atoms with E-state index in [4.69, 9.17) is 0 Å². The standard InChI is InChI=1S/C12H12F2O4/c1-3-17-11(15)7-5-9(13)10(14)6-8(7)12(16)18-4-2/h5-6H,3-4H2,1-2H3. The molecule has 1 rings (SSSR count). The zero-order chi connectivity index (χ0) is 13.7. The second-order valence-electron chi connectivity index (χ2n) is 3.25. The lowest BCUT2D eigenvalue weighted by Crippen LogP contribution is -2.15. The summed E-state index contributed by atoms with van der Waals surface area (Å²) in [6.07, 6.45) is 0. The van der Waals surface area contributed by atoms with Crippen molar-refractivity contribution in [1.82, 2.24) is 0 Å². The van der Waals surface area contributed by atoms with E-state index in [1.54, 1.807) is 13.8 Å². The fraction of sp³-hybridized carbons (Fsp3) is 0.333. The molecular formula is C12H12F2O4. The average molecular weight is 258 g/mol. The molecule has 1 aromatic carbocycles. The lowest BCUT2D eigenvalue weighted by atomic mass is 10.1. The Morgan fingerprint density at radius 1 is 0.944 bits per heavy atom. The van der Waals surface area contributed by atoms with Gasteiger partial charge in [0, 0.05) is 0 Å². The number of ether oxygens (including phenoxy) is 2. The van der Waals surface area contributed by atoms with Crippen LogP contribution < -0.4 is 0 Å². The lowest BCUT2D eigenvalue weighted by Gasteiger charge is -2.08. The molecule has 0 fully saturated rings. The van der Waals surface area contributed by atoms with Gasteiger partial charge in [0.2, 0.25) is 0 Å². The minimum atomic E-state index is -1.23. The van der Waals surface area contributed by atoms with Gasteiger partial charge < -0.3 is 9.47 Å². The Labute approximate surface area is 103 Å². The summed E-state index contributed by atoms with van der Waals surface area (Å²) in [7, 11) is 0. The number of esters is 2. The van der Waals surface area contributed by atoms with Gasteiger partial charge in [-0.1, -0.05) is 0 Å². The van der Waals surface area contributed by atoms with Gasteiger partial charge in [-0.15, -0.1) is 0 Å². The molecule has 0 heterocycles. The Bertz CT molecular complexity index is 428. The Hall–Kier alpha value is -1.98. The van der Waals surface area contributed by atoms with Crippen LogP contribution in [0.5, 0.6) is 0 Å². The van der Waals surface area contributed by atoms with Crippen LogP contribution in [0.2, 0.25) is 0 Å². The first-order valence-corrected chi connectivity index (χ1v) is 5.34. The van der Waals surface area contributed by atoms with Gasteiger partial charge in [0.25, 0.3) is 0 Å². The summed E-state index contributed by atoms with van der Waals surface area (Å²) in [6.45, 7) is 3.23. The molecule has 0 saturated carbocycles. The van der Waals surface area contributed by atoms with Gasteiger partial charge >= 0.3 is 11.9 Å². The molecule has 0 aliphatic heterocycles. The highest BCUT2D eigenvalue weighted by atomic mass is 19.2. The third-order valence-corrected chi connectivity index (χ3v) is 2.05. The van der Waals surface area contributed by atoms with Crippen LogP contribution in [0.3, 0.4) is 0 Å². The van der Waals surface area contributed by atoms with Gasteiger partial charge in [0.1, 0.15) is 0 Å². The first-order valence-electron chi connectivity index (χ1n) is 5.34. The molecule has 0 spiro atoms. The van der Waals surface area contributed by atoms with Gasteiger partial charge in [-0.2, -0.15) is 0 Å². The minimum absolute atomic E-state index is 0.0556. The maximum Gasteiger partial charge on any atom is 0.339 e. The first-order chi connectivity index (χ1) is 8.51. The molecule has 0 N–H and O–H groups in total. The maximum absolute atomic E-state index is 13.1. The fourth-order valence-corrected chi connectivity index (χ4v) is 1.30. The van der Waals surface area contributed by atoms with Crippen LogP contribution >= 0.6 is 0 Å². The highest BCUT2D eigenvalue weighted by Gasteiger charge is 2.22. The lowest BCUT2D eigenvalue weighted by molar-refractivity contribution is 0.0477. The zero-order valence-electron chi connectivity index (χ0n) is 9.96. The van der Waals surface area contributed by atoms with E-state index in [0.29, 0.717) is 12.1 Å². The second-order valence-corrected chi connectivity index (χ2v) is 3.25. The van der Waals surface area contributed by atoms with Crippen molar-refractivity contribution < 1.29 is 27.8 Å². The largest absolute Gasteiger partial charge is 0.462 e. The van der Waals surface area contributed by atoms with E-state index in [9.17, 15) is 18.4 Å². The van der Waals surface area contributed by atoms with Gasteiger partial charge in [-0.25, -0.2) is 18.4 Å². The van der Waals surface area contributed by atoms with E-state index in [1.165, 1.54) is 0 Å². The maximum atomic E-state index is 13.1. The van der Waals surface area contributed by atoms with Crippen molar-refractivity contribution in [2.75, 3.05) is 13.2 Å². The van der Waals surface area contributed by atoms with Crippen LogP contribution in [-0.2, 0) is 9.47 Å². The summed E-state index contributed by atoms with van der Waals surface area (Å²) in [5.41, 5.74) is -0.705. The monoisotopic (exact) mass is 258 g/mol. The molecule has 0 radical (unpaired) electrons. The quantitative estimate of drug-likeness (QED) is 0.778. The van der Waals surface area contributed by atoms with E-state index in [1.807, 2.05) is 0 Å². The van der Waals surface area contributed by atoms with Crippen molar-refractivity contribution in [2.24, 2.45) is 0 Å². The molecule has 0 aromatic heterocycles. The van der Waals surface area contributed by atoms with E-state index < -0.39 is 23.6 Å². The normalized spacial score (nSPS) is 10.0. The van der Waals surface area contributed by atoms with Crippen LogP contribution in [-0.4, -0.2) is 25.2 Å². The molecule has 6 heteroatoms. The SMILES string of the molecule is CCOC(=O)c1cc(F)c(F)cc1C(=O)OCC. The number of halogens is 2. The fourth-order valence-electron chi connectivity index (χ4n) is 1.30. The van der Waals surface area contributed by atoms with Crippen molar-refractivity contribution in [3.8, 4) is 0 Å². The number of hydrogen-bond acceptors (Lipinski definition) is 4. The zero-order valence-corrected chi connectivity index (χ0v) is 9.96. The summed E-state index contributed by atoms with van der Waals surface area (Å²) in [4.78, 5) is 23.0. The molecule has 0 unspecified atom stereocenters. The number of carbonyl (C=O) groups excluding carboxylic acids is 2. The van der Waals surface area contributed by atoms with Crippen LogP contribution in [0.1, 0.15) is 34.6 Å². The highest BCUT2D eigenvalue weighted by molar-refractivity contribution is 6.03. The number of benzene rings is 1. The summed E-state index contributed by atoms with van der Waals surface area (Å²) in [5, 5.41) is 0. The summed E-state index contributed by atoms with van der Waals surface area (Å²) in [6, 6.07) is 1.25. The van der Waals surface area contributed by atoms with Gasteiger partial charge in [0.15, 0.2) is 11.6 Å². The van der Waals surface area contributed by atoms with E-state index >= 15 is 0 Å². The smallest absolute Gasteiger partial charge is 0.339 e. The summed E-state index contributed by atoms with van der Waals surface area (Å²) < 4.78 is 35.5. The number of rotatable bonds is 4. The van der Waals surface area contributed by atoms with Crippen molar-refractivity contribution in [3.05, 3.63) is 34.9 Å².